The maximum Gasteiger partial charge on any atom is -0.0127 e. The first-order valence-corrected chi connectivity index (χ1v) is 3.82. The van der Waals surface area contributed by atoms with Crippen molar-refractivity contribution >= 4 is 0 Å². The molecule has 4 atom stereocenters. The van der Waals surface area contributed by atoms with Crippen LogP contribution in [0.15, 0.2) is 24.3 Å². The van der Waals surface area contributed by atoms with Crippen LogP contribution >= 0.6 is 0 Å². The fourth-order valence-electron chi connectivity index (χ4n) is 2.50. The van der Waals surface area contributed by atoms with E-state index in [1.54, 1.807) is 0 Å². The summed E-state index contributed by atoms with van der Waals surface area (Å²) in [7, 11) is 0. The van der Waals surface area contributed by atoms with Gasteiger partial charge in [0.1, 0.15) is 0 Å². The first-order chi connectivity index (χ1) is 4.47. The molecule has 0 bridgehead atoms. The molecule has 0 aromatic heterocycles. The van der Waals surface area contributed by atoms with Gasteiger partial charge in [-0.15, -0.1) is 0 Å². The average Bonchev–Trinajstić information content (AvgIpc) is 2.35. The van der Waals surface area contributed by atoms with E-state index in [1.807, 2.05) is 0 Å². The summed E-state index contributed by atoms with van der Waals surface area (Å²) in [6.07, 6.45) is 10.9. The smallest absolute Gasteiger partial charge is 0.0127 e. The molecule has 3 aliphatic carbocycles. The lowest BCUT2D eigenvalue weighted by Crippen LogP contribution is -2.00. The van der Waals surface area contributed by atoms with E-state index in [-0.39, 0.29) is 0 Å². The predicted octanol–water partition coefficient (Wildman–Crippen LogP) is 1.99. The number of fused-ring (bicyclic) bond motifs is 1. The minimum atomic E-state index is 0.935. The minimum absolute atomic E-state index is 0.935. The third-order valence-corrected chi connectivity index (χ3v) is 3.03. The van der Waals surface area contributed by atoms with Gasteiger partial charge in [-0.05, 0) is 30.1 Å². The largest absolute Gasteiger partial charge is 0.0876 e. The van der Waals surface area contributed by atoms with Crippen LogP contribution in [-0.2, 0) is 0 Å². The van der Waals surface area contributed by atoms with Crippen LogP contribution in [0.3, 0.4) is 0 Å². The molecule has 9 heavy (non-hydrogen) atoms. The number of hydrogen-bond donors (Lipinski definition) is 0. The van der Waals surface area contributed by atoms with Crippen molar-refractivity contribution in [2.75, 3.05) is 0 Å². The maximum atomic E-state index is 2.42. The Morgan fingerprint density at radius 3 is 2.67 bits per heavy atom. The second kappa shape index (κ2) is 1.16. The summed E-state index contributed by atoms with van der Waals surface area (Å²) in [5.74, 6) is 3.92. The molecule has 1 saturated carbocycles. The monoisotopic (exact) mass is 118 g/mol. The molecule has 0 aromatic carbocycles. The molecule has 0 saturated heterocycles. The molecule has 0 N–H and O–H groups in total. The molecule has 0 heterocycles. The molecule has 0 nitrogen and oxygen atoms in total. The van der Waals surface area contributed by atoms with Gasteiger partial charge in [0.2, 0.25) is 0 Å². The Kier molecular flexibility index (Phi) is 0.555. The van der Waals surface area contributed by atoms with E-state index in [2.05, 4.69) is 24.3 Å². The summed E-state index contributed by atoms with van der Waals surface area (Å²) < 4.78 is 0. The predicted molar refractivity (Wildman–Crippen MR) is 36.9 cm³/mol. The van der Waals surface area contributed by atoms with Crippen LogP contribution in [0.1, 0.15) is 6.42 Å². The molecule has 0 heteroatoms. The molecule has 0 unspecified atom stereocenters. The molecule has 0 aromatic rings. The van der Waals surface area contributed by atoms with Crippen molar-refractivity contribution in [2.24, 2.45) is 23.7 Å². The van der Waals surface area contributed by atoms with E-state index in [0.717, 1.165) is 23.7 Å². The van der Waals surface area contributed by atoms with Crippen LogP contribution in [0.5, 0.6) is 0 Å². The van der Waals surface area contributed by atoms with E-state index in [1.165, 1.54) is 6.42 Å². The van der Waals surface area contributed by atoms with Crippen LogP contribution in [0, 0.1) is 23.7 Å². The van der Waals surface area contributed by atoms with Gasteiger partial charge in [-0.3, -0.25) is 0 Å². The van der Waals surface area contributed by atoms with Crippen molar-refractivity contribution in [3.63, 3.8) is 0 Å². The van der Waals surface area contributed by atoms with Gasteiger partial charge in [-0.1, -0.05) is 24.3 Å². The highest BCUT2D eigenvalue weighted by atomic mass is 14.6. The van der Waals surface area contributed by atoms with Crippen LogP contribution in [-0.4, -0.2) is 0 Å². The molecule has 0 aliphatic heterocycles. The van der Waals surface area contributed by atoms with Crippen molar-refractivity contribution in [3.8, 4) is 0 Å². The Balaban J connectivity index is 2.08. The van der Waals surface area contributed by atoms with Crippen molar-refractivity contribution in [3.05, 3.63) is 24.3 Å². The summed E-state index contributed by atoms with van der Waals surface area (Å²) in [4.78, 5) is 0. The second-order valence-electron chi connectivity index (χ2n) is 3.44. The van der Waals surface area contributed by atoms with Gasteiger partial charge < -0.3 is 0 Å². The minimum Gasteiger partial charge on any atom is -0.0876 e. The number of rotatable bonds is 0. The SMILES string of the molecule is C1=C[C@@H]2[C@@H]3C=C[C@H](C1)[C@H]23. The topological polar surface area (TPSA) is 0 Å². The zero-order valence-electron chi connectivity index (χ0n) is 5.33. The van der Waals surface area contributed by atoms with E-state index in [9.17, 15) is 0 Å². The molecule has 0 radical (unpaired) electrons. The Morgan fingerprint density at radius 2 is 1.89 bits per heavy atom. The zero-order chi connectivity index (χ0) is 5.84. The van der Waals surface area contributed by atoms with Crippen molar-refractivity contribution < 1.29 is 0 Å². The van der Waals surface area contributed by atoms with Crippen LogP contribution in [0.2, 0.25) is 0 Å². The first-order valence-electron chi connectivity index (χ1n) is 3.82. The van der Waals surface area contributed by atoms with Crippen molar-refractivity contribution in [1.82, 2.24) is 0 Å². The van der Waals surface area contributed by atoms with E-state index < -0.39 is 0 Å². The van der Waals surface area contributed by atoms with Crippen molar-refractivity contribution in [2.45, 2.75) is 6.42 Å². The Bertz CT molecular complexity index is 200. The summed E-state index contributed by atoms with van der Waals surface area (Å²) in [5.41, 5.74) is 0. The molecular formula is C9H10. The standard InChI is InChI=1S/C9H10/c1-2-6-4-5-8-7(3-1)9(6)8/h1,3-9H,2H2/t6-,7+,8-,9+/m0/s1. The van der Waals surface area contributed by atoms with Crippen LogP contribution in [0.4, 0.5) is 0 Å². The number of hydrogen-bond acceptors (Lipinski definition) is 0. The molecular weight excluding hydrogens is 108 g/mol. The summed E-state index contributed by atoms with van der Waals surface area (Å²) >= 11 is 0. The molecule has 3 rings (SSSR count). The maximum absolute atomic E-state index is 2.42. The summed E-state index contributed by atoms with van der Waals surface area (Å²) in [6, 6.07) is 0. The van der Waals surface area contributed by atoms with E-state index >= 15 is 0 Å². The Morgan fingerprint density at radius 1 is 1.00 bits per heavy atom. The molecule has 3 aliphatic rings. The molecule has 46 valence electrons. The molecule has 0 spiro atoms. The molecule has 0 amide bonds. The fraction of sp³-hybridized carbons (Fsp3) is 0.556. The second-order valence-corrected chi connectivity index (χ2v) is 3.44. The third-order valence-electron chi connectivity index (χ3n) is 3.03. The zero-order valence-corrected chi connectivity index (χ0v) is 5.33. The average molecular weight is 118 g/mol. The lowest BCUT2D eigenvalue weighted by molar-refractivity contribution is 0.546. The molecule has 1 fully saturated rings. The van der Waals surface area contributed by atoms with Gasteiger partial charge in [-0.25, -0.2) is 0 Å². The lowest BCUT2D eigenvalue weighted by atomic mass is 9.95. The van der Waals surface area contributed by atoms with E-state index in [4.69, 9.17) is 0 Å². The lowest BCUT2D eigenvalue weighted by Gasteiger charge is -2.10. The van der Waals surface area contributed by atoms with Crippen LogP contribution < -0.4 is 0 Å². The summed E-state index contributed by atoms with van der Waals surface area (Å²) in [6.45, 7) is 0. The highest BCUT2D eigenvalue weighted by Gasteiger charge is 2.54. The normalized spacial score (nSPS) is 57.8. The quantitative estimate of drug-likeness (QED) is 0.427. The highest BCUT2D eigenvalue weighted by Crippen LogP contribution is 2.60. The van der Waals surface area contributed by atoms with Gasteiger partial charge in [0.25, 0.3) is 0 Å². The number of allylic oxidation sites excluding steroid dienone is 4. The Hall–Kier alpha value is -0.520. The fourth-order valence-corrected chi connectivity index (χ4v) is 2.50. The first kappa shape index (κ1) is 4.32. The van der Waals surface area contributed by atoms with Crippen molar-refractivity contribution in [1.29, 1.82) is 0 Å². The van der Waals surface area contributed by atoms with Gasteiger partial charge in [-0.2, -0.15) is 0 Å². The van der Waals surface area contributed by atoms with Crippen LogP contribution in [0.25, 0.3) is 0 Å². The Labute approximate surface area is 55.3 Å². The van der Waals surface area contributed by atoms with Gasteiger partial charge in [0, 0.05) is 0 Å². The third kappa shape index (κ3) is 0.375. The van der Waals surface area contributed by atoms with Gasteiger partial charge >= 0.3 is 0 Å². The van der Waals surface area contributed by atoms with Gasteiger partial charge in [0.05, 0.1) is 0 Å². The van der Waals surface area contributed by atoms with E-state index in [0.29, 0.717) is 0 Å². The summed E-state index contributed by atoms with van der Waals surface area (Å²) in [5, 5.41) is 0. The highest BCUT2D eigenvalue weighted by molar-refractivity contribution is 5.28. The van der Waals surface area contributed by atoms with Gasteiger partial charge in [0.15, 0.2) is 0 Å².